The van der Waals surface area contributed by atoms with Crippen molar-refractivity contribution < 1.29 is 14.7 Å². The molecule has 0 aromatic carbocycles. The molecule has 0 bridgehead atoms. The lowest BCUT2D eigenvalue weighted by Crippen LogP contribution is -2.34. The van der Waals surface area contributed by atoms with Gasteiger partial charge >= 0.3 is 5.97 Å². The largest absolute Gasteiger partial charge is 0.481 e. The molecule has 1 unspecified atom stereocenters. The number of aryl methyl sites for hydroxylation is 1. The Morgan fingerprint density at radius 1 is 1.53 bits per heavy atom. The summed E-state index contributed by atoms with van der Waals surface area (Å²) >= 11 is 0. The summed E-state index contributed by atoms with van der Waals surface area (Å²) in [5, 5.41) is 9.13. The monoisotopic (exact) mass is 262 g/mol. The summed E-state index contributed by atoms with van der Waals surface area (Å²) in [6.07, 6.45) is 5.03. The average Bonchev–Trinajstić information content (AvgIpc) is 2.81. The van der Waals surface area contributed by atoms with E-state index < -0.39 is 11.4 Å². The van der Waals surface area contributed by atoms with Crippen molar-refractivity contribution in [1.29, 1.82) is 0 Å². The molecule has 1 saturated heterocycles. The highest BCUT2D eigenvalue weighted by molar-refractivity contribution is 5.80. The fraction of sp³-hybridized carbons (Fsp3) is 0.500. The van der Waals surface area contributed by atoms with Crippen molar-refractivity contribution in [2.24, 2.45) is 5.41 Å². The zero-order chi connectivity index (χ0) is 13.9. The number of aliphatic carboxylic acids is 1. The van der Waals surface area contributed by atoms with Crippen LogP contribution in [-0.2, 0) is 16.0 Å². The van der Waals surface area contributed by atoms with Gasteiger partial charge < -0.3 is 10.0 Å². The molecule has 0 saturated carbocycles. The van der Waals surface area contributed by atoms with Crippen LogP contribution in [0, 0.1) is 5.41 Å². The maximum atomic E-state index is 12.0. The van der Waals surface area contributed by atoms with Crippen LogP contribution in [0.3, 0.4) is 0 Å². The van der Waals surface area contributed by atoms with Crippen LogP contribution in [0.15, 0.2) is 24.5 Å². The SMILES string of the molecule is CC1(C(=O)O)CCN(C(=O)CCc2cccnc2)C1. The summed E-state index contributed by atoms with van der Waals surface area (Å²) < 4.78 is 0. The minimum absolute atomic E-state index is 0.0221. The third-order valence-corrected chi connectivity index (χ3v) is 3.69. The van der Waals surface area contributed by atoms with E-state index in [9.17, 15) is 9.59 Å². The van der Waals surface area contributed by atoms with E-state index in [1.165, 1.54) is 0 Å². The van der Waals surface area contributed by atoms with Crippen molar-refractivity contribution in [1.82, 2.24) is 9.88 Å². The number of carboxylic acids is 1. The summed E-state index contributed by atoms with van der Waals surface area (Å²) in [4.78, 5) is 28.8. The Kier molecular flexibility index (Phi) is 3.83. The molecular formula is C14H18N2O3. The minimum atomic E-state index is -0.824. The van der Waals surface area contributed by atoms with Crippen molar-refractivity contribution in [2.75, 3.05) is 13.1 Å². The first-order valence-corrected chi connectivity index (χ1v) is 6.41. The first kappa shape index (κ1) is 13.5. The van der Waals surface area contributed by atoms with Gasteiger partial charge in [-0.25, -0.2) is 0 Å². The van der Waals surface area contributed by atoms with E-state index in [4.69, 9.17) is 5.11 Å². The summed E-state index contributed by atoms with van der Waals surface area (Å²) in [5.41, 5.74) is 0.236. The Balaban J connectivity index is 1.87. The van der Waals surface area contributed by atoms with Gasteiger partial charge in [0.05, 0.1) is 5.41 Å². The van der Waals surface area contributed by atoms with Crippen LogP contribution in [0.25, 0.3) is 0 Å². The molecule has 1 aliphatic heterocycles. The summed E-state index contributed by atoms with van der Waals surface area (Å²) in [6, 6.07) is 3.78. The third kappa shape index (κ3) is 3.10. The Bertz CT molecular complexity index is 475. The molecule has 0 spiro atoms. The standard InChI is InChI=1S/C14H18N2O3/c1-14(13(18)19)6-8-16(10-14)12(17)5-4-11-3-2-7-15-9-11/h2-3,7,9H,4-6,8,10H2,1H3,(H,18,19). The normalized spacial score (nSPS) is 22.5. The van der Waals surface area contributed by atoms with E-state index >= 15 is 0 Å². The molecule has 102 valence electrons. The first-order valence-electron chi connectivity index (χ1n) is 6.41. The summed E-state index contributed by atoms with van der Waals surface area (Å²) in [7, 11) is 0. The van der Waals surface area contributed by atoms with E-state index in [0.717, 1.165) is 5.56 Å². The smallest absolute Gasteiger partial charge is 0.311 e. The van der Waals surface area contributed by atoms with E-state index in [1.807, 2.05) is 12.1 Å². The Hall–Kier alpha value is -1.91. The number of carboxylic acid groups (broad SMARTS) is 1. The van der Waals surface area contributed by atoms with Gasteiger partial charge in [-0.05, 0) is 31.4 Å². The lowest BCUT2D eigenvalue weighted by atomic mass is 9.90. The molecule has 1 fully saturated rings. The van der Waals surface area contributed by atoms with Crippen molar-refractivity contribution in [3.8, 4) is 0 Å². The summed E-state index contributed by atoms with van der Waals surface area (Å²) in [5.74, 6) is -0.802. The van der Waals surface area contributed by atoms with E-state index in [-0.39, 0.29) is 5.91 Å². The number of likely N-dealkylation sites (tertiary alicyclic amines) is 1. The minimum Gasteiger partial charge on any atom is -0.481 e. The number of amides is 1. The van der Waals surface area contributed by atoms with E-state index in [1.54, 1.807) is 24.2 Å². The van der Waals surface area contributed by atoms with Crippen LogP contribution in [0.2, 0.25) is 0 Å². The lowest BCUT2D eigenvalue weighted by molar-refractivity contribution is -0.147. The molecule has 2 heterocycles. The van der Waals surface area contributed by atoms with E-state index in [2.05, 4.69) is 4.98 Å². The quantitative estimate of drug-likeness (QED) is 0.888. The van der Waals surface area contributed by atoms with Gasteiger partial charge in [-0.15, -0.1) is 0 Å². The second-order valence-corrected chi connectivity index (χ2v) is 5.29. The lowest BCUT2D eigenvalue weighted by Gasteiger charge is -2.20. The first-order chi connectivity index (χ1) is 9.01. The fourth-order valence-corrected chi connectivity index (χ4v) is 2.30. The average molecular weight is 262 g/mol. The van der Waals surface area contributed by atoms with Crippen molar-refractivity contribution in [2.45, 2.75) is 26.2 Å². The molecule has 2 rings (SSSR count). The maximum Gasteiger partial charge on any atom is 0.311 e. The molecule has 1 aromatic heterocycles. The molecule has 5 nitrogen and oxygen atoms in total. The van der Waals surface area contributed by atoms with Gasteiger partial charge in [0.25, 0.3) is 0 Å². The van der Waals surface area contributed by atoms with Crippen LogP contribution < -0.4 is 0 Å². The molecule has 1 atom stereocenters. The number of hydrogen-bond donors (Lipinski definition) is 1. The van der Waals surface area contributed by atoms with Crippen molar-refractivity contribution in [3.05, 3.63) is 30.1 Å². The van der Waals surface area contributed by atoms with Gasteiger partial charge in [0, 0.05) is 31.9 Å². The Labute approximate surface area is 112 Å². The van der Waals surface area contributed by atoms with Crippen LogP contribution in [0.1, 0.15) is 25.3 Å². The van der Waals surface area contributed by atoms with Gasteiger partial charge in [-0.1, -0.05) is 6.07 Å². The second kappa shape index (κ2) is 5.38. The highest BCUT2D eigenvalue weighted by atomic mass is 16.4. The number of aromatic nitrogens is 1. The zero-order valence-electron chi connectivity index (χ0n) is 11.0. The highest BCUT2D eigenvalue weighted by Crippen LogP contribution is 2.30. The van der Waals surface area contributed by atoms with Gasteiger partial charge in [0.15, 0.2) is 0 Å². The van der Waals surface area contributed by atoms with Crippen LogP contribution in [0.4, 0.5) is 0 Å². The molecule has 1 aromatic rings. The maximum absolute atomic E-state index is 12.0. The van der Waals surface area contributed by atoms with Gasteiger partial charge in [0.2, 0.25) is 5.91 Å². The predicted octanol–water partition coefficient (Wildman–Crippen LogP) is 1.34. The van der Waals surface area contributed by atoms with Gasteiger partial charge in [0.1, 0.15) is 0 Å². The van der Waals surface area contributed by atoms with Gasteiger partial charge in [-0.3, -0.25) is 14.6 Å². The molecule has 1 N–H and O–H groups in total. The Morgan fingerprint density at radius 2 is 2.32 bits per heavy atom. The number of nitrogens with zero attached hydrogens (tertiary/aromatic N) is 2. The van der Waals surface area contributed by atoms with Crippen LogP contribution in [0.5, 0.6) is 0 Å². The topological polar surface area (TPSA) is 70.5 Å². The molecule has 0 radical (unpaired) electrons. The number of pyridine rings is 1. The highest BCUT2D eigenvalue weighted by Gasteiger charge is 2.41. The fourth-order valence-electron chi connectivity index (χ4n) is 2.30. The molecule has 5 heteroatoms. The summed E-state index contributed by atoms with van der Waals surface area (Å²) in [6.45, 7) is 2.55. The molecule has 0 aliphatic carbocycles. The van der Waals surface area contributed by atoms with Crippen LogP contribution >= 0.6 is 0 Å². The van der Waals surface area contributed by atoms with Crippen molar-refractivity contribution in [3.63, 3.8) is 0 Å². The predicted molar refractivity (Wildman–Crippen MR) is 69.5 cm³/mol. The third-order valence-electron chi connectivity index (χ3n) is 3.69. The molecule has 1 aliphatic rings. The molecule has 19 heavy (non-hydrogen) atoms. The second-order valence-electron chi connectivity index (χ2n) is 5.29. The van der Waals surface area contributed by atoms with Gasteiger partial charge in [-0.2, -0.15) is 0 Å². The Morgan fingerprint density at radius 3 is 2.89 bits per heavy atom. The van der Waals surface area contributed by atoms with E-state index in [0.29, 0.717) is 32.4 Å². The number of carbonyl (C=O) groups excluding carboxylic acids is 1. The van der Waals surface area contributed by atoms with Crippen LogP contribution in [-0.4, -0.2) is 40.0 Å². The molecule has 1 amide bonds. The number of carbonyl (C=O) groups is 2. The molecular weight excluding hydrogens is 244 g/mol. The zero-order valence-corrected chi connectivity index (χ0v) is 11.0. The number of rotatable bonds is 4. The van der Waals surface area contributed by atoms with Crippen molar-refractivity contribution >= 4 is 11.9 Å². The number of hydrogen-bond acceptors (Lipinski definition) is 3.